The first-order valence-electron chi connectivity index (χ1n) is 6.09. The number of hydrogen-bond acceptors (Lipinski definition) is 4. The molecule has 2 rings (SSSR count). The second-order valence-electron chi connectivity index (χ2n) is 4.98. The van der Waals surface area contributed by atoms with Crippen molar-refractivity contribution in [1.82, 2.24) is 13.9 Å². The third-order valence-electron chi connectivity index (χ3n) is 3.22. The van der Waals surface area contributed by atoms with Crippen LogP contribution in [0.1, 0.15) is 26.7 Å². The Balaban J connectivity index is 2.25. The molecule has 1 N–H and O–H groups in total. The molecule has 0 bridgehead atoms. The molecule has 1 fully saturated rings. The Morgan fingerprint density at radius 3 is 2.83 bits per heavy atom. The van der Waals surface area contributed by atoms with Crippen LogP contribution in [-0.4, -0.2) is 46.1 Å². The van der Waals surface area contributed by atoms with Gasteiger partial charge in [-0.05, 0) is 26.7 Å². The Bertz CT molecular complexity index is 521. The molecule has 6 nitrogen and oxygen atoms in total. The highest BCUT2D eigenvalue weighted by atomic mass is 32.2. The van der Waals surface area contributed by atoms with Gasteiger partial charge in [-0.3, -0.25) is 0 Å². The predicted octanol–water partition coefficient (Wildman–Crippen LogP) is 0.438. The highest BCUT2D eigenvalue weighted by Crippen LogP contribution is 2.25. The molecule has 1 aliphatic rings. The lowest BCUT2D eigenvalue weighted by Crippen LogP contribution is -2.48. The molecule has 1 aromatic rings. The van der Waals surface area contributed by atoms with E-state index in [1.54, 1.807) is 11.5 Å². The number of sulfonamides is 1. The third-order valence-corrected chi connectivity index (χ3v) is 4.95. The van der Waals surface area contributed by atoms with E-state index in [9.17, 15) is 13.5 Å². The summed E-state index contributed by atoms with van der Waals surface area (Å²) in [6.45, 7) is 4.84. The van der Waals surface area contributed by atoms with Gasteiger partial charge in [0.1, 0.15) is 0 Å². The van der Waals surface area contributed by atoms with Crippen molar-refractivity contribution in [2.24, 2.45) is 0 Å². The second-order valence-corrected chi connectivity index (χ2v) is 6.87. The fraction of sp³-hybridized carbons (Fsp3) is 0.727. The lowest BCUT2D eigenvalue weighted by molar-refractivity contribution is 0.00934. The maximum absolute atomic E-state index is 12.3. The first-order chi connectivity index (χ1) is 8.35. The van der Waals surface area contributed by atoms with E-state index in [0.29, 0.717) is 25.9 Å². The van der Waals surface area contributed by atoms with Crippen molar-refractivity contribution in [3.63, 3.8) is 0 Å². The van der Waals surface area contributed by atoms with Crippen molar-refractivity contribution in [2.45, 2.75) is 43.9 Å². The van der Waals surface area contributed by atoms with Crippen LogP contribution in [0, 0.1) is 0 Å². The van der Waals surface area contributed by atoms with Crippen molar-refractivity contribution >= 4 is 10.0 Å². The van der Waals surface area contributed by atoms with Crippen molar-refractivity contribution in [3.8, 4) is 0 Å². The average molecular weight is 273 g/mol. The summed E-state index contributed by atoms with van der Waals surface area (Å²) >= 11 is 0. The lowest BCUT2D eigenvalue weighted by Gasteiger charge is -2.35. The normalized spacial score (nSPS) is 26.4. The molecule has 1 aromatic heterocycles. The van der Waals surface area contributed by atoms with Crippen LogP contribution in [0.5, 0.6) is 0 Å². The van der Waals surface area contributed by atoms with Crippen LogP contribution in [0.15, 0.2) is 17.6 Å². The zero-order valence-electron chi connectivity index (χ0n) is 10.7. The molecule has 0 aliphatic carbocycles. The summed E-state index contributed by atoms with van der Waals surface area (Å²) in [5.74, 6) is 0. The number of nitrogens with zero attached hydrogens (tertiary/aromatic N) is 3. The van der Waals surface area contributed by atoms with Gasteiger partial charge in [0.25, 0.3) is 10.0 Å². The number of aromatic nitrogens is 2. The predicted molar refractivity (Wildman–Crippen MR) is 66.5 cm³/mol. The van der Waals surface area contributed by atoms with E-state index in [1.807, 2.05) is 6.92 Å². The number of aryl methyl sites for hydroxylation is 1. The molecule has 18 heavy (non-hydrogen) atoms. The second kappa shape index (κ2) is 4.64. The molecule has 7 heteroatoms. The summed E-state index contributed by atoms with van der Waals surface area (Å²) in [6, 6.07) is 0. The van der Waals surface area contributed by atoms with Crippen molar-refractivity contribution in [2.75, 3.05) is 13.1 Å². The van der Waals surface area contributed by atoms with E-state index < -0.39 is 15.6 Å². The fourth-order valence-electron chi connectivity index (χ4n) is 2.16. The van der Waals surface area contributed by atoms with E-state index in [-0.39, 0.29) is 11.6 Å². The van der Waals surface area contributed by atoms with Crippen molar-refractivity contribution in [1.29, 1.82) is 0 Å². The molecular formula is C11H19N3O3S. The number of imidazole rings is 1. The Kier molecular flexibility index (Phi) is 3.48. The van der Waals surface area contributed by atoms with Gasteiger partial charge in [-0.1, -0.05) is 0 Å². The van der Waals surface area contributed by atoms with Gasteiger partial charge >= 0.3 is 0 Å². The Morgan fingerprint density at radius 1 is 1.56 bits per heavy atom. The largest absolute Gasteiger partial charge is 0.389 e. The zero-order chi connectivity index (χ0) is 13.4. The van der Waals surface area contributed by atoms with Crippen LogP contribution in [-0.2, 0) is 16.6 Å². The zero-order valence-corrected chi connectivity index (χ0v) is 11.5. The van der Waals surface area contributed by atoms with Gasteiger partial charge in [0.2, 0.25) is 0 Å². The minimum Gasteiger partial charge on any atom is -0.389 e. The molecule has 0 spiro atoms. The summed E-state index contributed by atoms with van der Waals surface area (Å²) in [6.07, 6.45) is 4.33. The van der Waals surface area contributed by atoms with Crippen LogP contribution in [0.4, 0.5) is 0 Å². The fourth-order valence-corrected chi connectivity index (χ4v) is 3.69. The summed E-state index contributed by atoms with van der Waals surface area (Å²) in [5.41, 5.74) is -0.946. The van der Waals surface area contributed by atoms with Crippen LogP contribution >= 0.6 is 0 Å². The number of piperidine rings is 1. The van der Waals surface area contributed by atoms with E-state index in [0.717, 1.165) is 0 Å². The maximum atomic E-state index is 12.3. The Hall–Kier alpha value is -0.920. The number of rotatable bonds is 3. The molecule has 0 amide bonds. The van der Waals surface area contributed by atoms with Gasteiger partial charge in [-0.2, -0.15) is 4.31 Å². The molecule has 1 aliphatic heterocycles. The van der Waals surface area contributed by atoms with Crippen LogP contribution in [0.3, 0.4) is 0 Å². The SMILES string of the molecule is CCn1cnc(S(=O)(=O)N2CCCC(C)(O)C2)c1. The molecule has 102 valence electrons. The van der Waals surface area contributed by atoms with Gasteiger partial charge in [-0.25, -0.2) is 13.4 Å². The van der Waals surface area contributed by atoms with Gasteiger partial charge in [-0.15, -0.1) is 0 Å². The third kappa shape index (κ3) is 2.57. The monoisotopic (exact) mass is 273 g/mol. The number of aliphatic hydroxyl groups is 1. The van der Waals surface area contributed by atoms with E-state index in [4.69, 9.17) is 0 Å². The molecule has 1 atom stereocenters. The van der Waals surface area contributed by atoms with Crippen molar-refractivity contribution in [3.05, 3.63) is 12.5 Å². The first-order valence-corrected chi connectivity index (χ1v) is 7.53. The van der Waals surface area contributed by atoms with Gasteiger partial charge < -0.3 is 9.67 Å². The van der Waals surface area contributed by atoms with Gasteiger partial charge in [0.05, 0.1) is 11.9 Å². The summed E-state index contributed by atoms with van der Waals surface area (Å²) in [4.78, 5) is 3.93. The molecule has 2 heterocycles. The quantitative estimate of drug-likeness (QED) is 0.867. The van der Waals surface area contributed by atoms with Crippen LogP contribution in [0.25, 0.3) is 0 Å². The Labute approximate surface area is 107 Å². The van der Waals surface area contributed by atoms with Gasteiger partial charge in [0.15, 0.2) is 5.03 Å². The molecule has 1 saturated heterocycles. The van der Waals surface area contributed by atoms with Crippen molar-refractivity contribution < 1.29 is 13.5 Å². The van der Waals surface area contributed by atoms with E-state index in [1.165, 1.54) is 16.8 Å². The standard InChI is InChI=1S/C11H19N3O3S/c1-3-13-7-10(12-9-13)18(16,17)14-6-4-5-11(2,15)8-14/h7,9,15H,3-6,8H2,1-2H3. The topological polar surface area (TPSA) is 75.4 Å². The minimum atomic E-state index is -3.58. The highest BCUT2D eigenvalue weighted by Gasteiger charge is 2.36. The average Bonchev–Trinajstić information content (AvgIpc) is 2.76. The smallest absolute Gasteiger partial charge is 0.262 e. The van der Waals surface area contributed by atoms with E-state index in [2.05, 4.69) is 4.98 Å². The maximum Gasteiger partial charge on any atom is 0.262 e. The highest BCUT2D eigenvalue weighted by molar-refractivity contribution is 7.89. The van der Waals surface area contributed by atoms with Crippen LogP contribution in [0.2, 0.25) is 0 Å². The summed E-state index contributed by atoms with van der Waals surface area (Å²) in [7, 11) is -3.58. The lowest BCUT2D eigenvalue weighted by atomic mass is 9.97. The molecule has 0 aromatic carbocycles. The molecule has 0 radical (unpaired) electrons. The molecule has 0 saturated carbocycles. The Morgan fingerprint density at radius 2 is 2.28 bits per heavy atom. The number of hydrogen-bond donors (Lipinski definition) is 1. The molecule has 1 unspecified atom stereocenters. The summed E-state index contributed by atoms with van der Waals surface area (Å²) in [5, 5.41) is 10.0. The van der Waals surface area contributed by atoms with E-state index >= 15 is 0 Å². The molecular weight excluding hydrogens is 254 g/mol. The van der Waals surface area contributed by atoms with Gasteiger partial charge in [0, 0.05) is 25.8 Å². The minimum absolute atomic E-state index is 0.0575. The number of β-amino-alcohol motifs (C(OH)–C–C–N with tert-alkyl or cyclic N) is 1. The van der Waals surface area contributed by atoms with Crippen LogP contribution < -0.4 is 0 Å². The summed E-state index contributed by atoms with van der Waals surface area (Å²) < 4.78 is 27.7. The first kappa shape index (κ1) is 13.5.